The maximum atomic E-state index is 13.9. The summed E-state index contributed by atoms with van der Waals surface area (Å²) in [5.41, 5.74) is 1.06. The Labute approximate surface area is 188 Å². The van der Waals surface area contributed by atoms with Gasteiger partial charge in [-0.05, 0) is 73.2 Å². The highest BCUT2D eigenvalue weighted by Crippen LogP contribution is 2.36. The summed E-state index contributed by atoms with van der Waals surface area (Å²) >= 11 is 2.14. The van der Waals surface area contributed by atoms with Crippen molar-refractivity contribution in [3.8, 4) is 11.5 Å². The van der Waals surface area contributed by atoms with Gasteiger partial charge in [0.15, 0.2) is 11.5 Å². The predicted molar refractivity (Wildman–Crippen MR) is 120 cm³/mol. The molecule has 6 nitrogen and oxygen atoms in total. The van der Waals surface area contributed by atoms with Crippen LogP contribution in [0.2, 0.25) is 0 Å². The average molecular weight is 524 g/mol. The van der Waals surface area contributed by atoms with Crippen LogP contribution in [0, 0.1) is 9.39 Å². The van der Waals surface area contributed by atoms with Crippen LogP contribution in [0.15, 0.2) is 42.1 Å². The molecule has 0 saturated carbocycles. The van der Waals surface area contributed by atoms with Crippen molar-refractivity contribution in [1.82, 2.24) is 10.2 Å². The minimum absolute atomic E-state index is 0.0236. The molecule has 158 valence electrons. The highest BCUT2D eigenvalue weighted by atomic mass is 127. The average Bonchev–Trinajstić information content (AvgIpc) is 2.93. The molecule has 0 unspecified atom stereocenters. The van der Waals surface area contributed by atoms with Gasteiger partial charge in [0, 0.05) is 5.56 Å². The SMILES string of the molecule is CCOc1cc(C=C2NC(=O)N(Cc3ccccc3F)C2=O)cc(I)c1OC(C)C. The van der Waals surface area contributed by atoms with Crippen molar-refractivity contribution in [3.63, 3.8) is 0 Å². The molecule has 1 heterocycles. The Morgan fingerprint density at radius 2 is 1.97 bits per heavy atom. The lowest BCUT2D eigenvalue weighted by molar-refractivity contribution is -0.123. The van der Waals surface area contributed by atoms with Gasteiger partial charge in [0.25, 0.3) is 5.91 Å². The lowest BCUT2D eigenvalue weighted by Crippen LogP contribution is -2.30. The molecule has 1 N–H and O–H groups in total. The van der Waals surface area contributed by atoms with Gasteiger partial charge in [-0.3, -0.25) is 9.69 Å². The van der Waals surface area contributed by atoms with Crippen molar-refractivity contribution in [2.24, 2.45) is 0 Å². The van der Waals surface area contributed by atoms with E-state index in [9.17, 15) is 14.0 Å². The van der Waals surface area contributed by atoms with E-state index in [2.05, 4.69) is 27.9 Å². The number of carbonyl (C=O) groups is 2. The smallest absolute Gasteiger partial charge is 0.329 e. The molecule has 2 aromatic carbocycles. The summed E-state index contributed by atoms with van der Waals surface area (Å²) < 4.78 is 26.3. The van der Waals surface area contributed by atoms with Crippen molar-refractivity contribution in [3.05, 3.63) is 62.6 Å². The Bertz CT molecular complexity index is 1010. The molecule has 0 aliphatic carbocycles. The Hall–Kier alpha value is -2.62. The minimum atomic E-state index is -0.589. The molecule has 1 fully saturated rings. The van der Waals surface area contributed by atoms with E-state index >= 15 is 0 Å². The van der Waals surface area contributed by atoms with Crippen LogP contribution in [0.25, 0.3) is 6.08 Å². The zero-order chi connectivity index (χ0) is 21.8. The summed E-state index contributed by atoms with van der Waals surface area (Å²) in [6.07, 6.45) is 1.55. The number of carbonyl (C=O) groups excluding carboxylic acids is 2. The summed E-state index contributed by atoms with van der Waals surface area (Å²) in [6.45, 7) is 6.05. The first-order valence-electron chi connectivity index (χ1n) is 9.51. The number of hydrogen-bond donors (Lipinski definition) is 1. The fourth-order valence-electron chi connectivity index (χ4n) is 2.96. The van der Waals surface area contributed by atoms with E-state index < -0.39 is 17.8 Å². The molecule has 0 spiro atoms. The highest BCUT2D eigenvalue weighted by Gasteiger charge is 2.34. The number of urea groups is 1. The molecular formula is C22H22FIN2O4. The molecule has 1 aliphatic heterocycles. The van der Waals surface area contributed by atoms with E-state index in [0.717, 1.165) is 8.47 Å². The highest BCUT2D eigenvalue weighted by molar-refractivity contribution is 14.1. The lowest BCUT2D eigenvalue weighted by Gasteiger charge is -2.17. The Morgan fingerprint density at radius 1 is 1.23 bits per heavy atom. The van der Waals surface area contributed by atoms with Crippen molar-refractivity contribution < 1.29 is 23.5 Å². The van der Waals surface area contributed by atoms with Crippen molar-refractivity contribution >= 4 is 40.6 Å². The second-order valence-corrected chi connectivity index (χ2v) is 8.06. The molecule has 3 rings (SSSR count). The normalized spacial score (nSPS) is 15.1. The van der Waals surface area contributed by atoms with Gasteiger partial charge in [-0.1, -0.05) is 18.2 Å². The summed E-state index contributed by atoms with van der Waals surface area (Å²) in [7, 11) is 0. The van der Waals surface area contributed by atoms with Gasteiger partial charge in [-0.25, -0.2) is 9.18 Å². The van der Waals surface area contributed by atoms with Crippen LogP contribution in [0.3, 0.4) is 0 Å². The molecule has 3 amide bonds. The first kappa shape index (κ1) is 22.1. The van der Waals surface area contributed by atoms with Crippen LogP contribution in [-0.2, 0) is 11.3 Å². The topological polar surface area (TPSA) is 67.9 Å². The first-order chi connectivity index (χ1) is 14.3. The van der Waals surface area contributed by atoms with Crippen LogP contribution in [0.1, 0.15) is 31.9 Å². The molecule has 0 bridgehead atoms. The molecule has 0 radical (unpaired) electrons. The summed E-state index contributed by atoms with van der Waals surface area (Å²) in [6, 6.07) is 9.06. The number of benzene rings is 2. The van der Waals surface area contributed by atoms with Crippen molar-refractivity contribution in [2.75, 3.05) is 6.61 Å². The third kappa shape index (κ3) is 4.92. The van der Waals surface area contributed by atoms with Gasteiger partial charge in [0.1, 0.15) is 11.5 Å². The van der Waals surface area contributed by atoms with E-state index in [0.29, 0.717) is 23.7 Å². The third-order valence-electron chi connectivity index (χ3n) is 4.24. The number of rotatable bonds is 7. The van der Waals surface area contributed by atoms with Crippen LogP contribution in [0.4, 0.5) is 9.18 Å². The maximum Gasteiger partial charge on any atom is 0.329 e. The van der Waals surface area contributed by atoms with E-state index in [-0.39, 0.29) is 23.9 Å². The molecule has 1 saturated heterocycles. The van der Waals surface area contributed by atoms with E-state index in [1.54, 1.807) is 30.3 Å². The fraction of sp³-hybridized carbons (Fsp3) is 0.273. The van der Waals surface area contributed by atoms with Gasteiger partial charge in [0.2, 0.25) is 0 Å². The molecule has 1 aliphatic rings. The second-order valence-electron chi connectivity index (χ2n) is 6.90. The largest absolute Gasteiger partial charge is 0.490 e. The molecule has 8 heteroatoms. The van der Waals surface area contributed by atoms with Crippen LogP contribution < -0.4 is 14.8 Å². The lowest BCUT2D eigenvalue weighted by atomic mass is 10.1. The fourth-order valence-corrected chi connectivity index (χ4v) is 3.72. The van der Waals surface area contributed by atoms with E-state index in [4.69, 9.17) is 9.47 Å². The number of halogens is 2. The minimum Gasteiger partial charge on any atom is -0.490 e. The molecule has 2 aromatic rings. The second kappa shape index (κ2) is 9.46. The number of imide groups is 1. The number of nitrogens with zero attached hydrogens (tertiary/aromatic N) is 1. The Balaban J connectivity index is 1.88. The van der Waals surface area contributed by atoms with E-state index in [1.807, 2.05) is 26.8 Å². The number of hydrogen-bond acceptors (Lipinski definition) is 4. The van der Waals surface area contributed by atoms with Crippen molar-refractivity contribution in [2.45, 2.75) is 33.4 Å². The first-order valence-corrected chi connectivity index (χ1v) is 10.6. The van der Waals surface area contributed by atoms with Crippen LogP contribution in [0.5, 0.6) is 11.5 Å². The molecule has 30 heavy (non-hydrogen) atoms. The van der Waals surface area contributed by atoms with Gasteiger partial charge < -0.3 is 14.8 Å². The monoisotopic (exact) mass is 524 g/mol. The number of nitrogens with one attached hydrogen (secondary N) is 1. The molecule has 0 atom stereocenters. The third-order valence-corrected chi connectivity index (χ3v) is 5.05. The van der Waals surface area contributed by atoms with Gasteiger partial charge in [-0.15, -0.1) is 0 Å². The van der Waals surface area contributed by atoms with Gasteiger partial charge >= 0.3 is 6.03 Å². The maximum absolute atomic E-state index is 13.9. The van der Waals surface area contributed by atoms with Gasteiger partial charge in [-0.2, -0.15) is 0 Å². The standard InChI is InChI=1S/C22H22FIN2O4/c1-4-29-19-11-14(9-17(24)20(19)30-13(2)3)10-18-21(27)26(22(28)25-18)12-15-7-5-6-8-16(15)23/h5-11,13H,4,12H2,1-3H3,(H,25,28). The Kier molecular flexibility index (Phi) is 6.96. The predicted octanol–water partition coefficient (Wildman–Crippen LogP) is 4.71. The Morgan fingerprint density at radius 3 is 2.63 bits per heavy atom. The van der Waals surface area contributed by atoms with E-state index in [1.165, 1.54) is 6.07 Å². The van der Waals surface area contributed by atoms with Gasteiger partial charge in [0.05, 0.1) is 22.8 Å². The quantitative estimate of drug-likeness (QED) is 0.324. The zero-order valence-corrected chi connectivity index (χ0v) is 19.0. The number of amides is 3. The summed E-state index contributed by atoms with van der Waals surface area (Å²) in [5.74, 6) is 0.216. The van der Waals surface area contributed by atoms with Crippen LogP contribution in [-0.4, -0.2) is 29.5 Å². The number of ether oxygens (including phenoxy) is 2. The molecular weight excluding hydrogens is 502 g/mol. The summed E-state index contributed by atoms with van der Waals surface area (Å²) in [5, 5.41) is 2.56. The molecule has 0 aromatic heterocycles. The zero-order valence-electron chi connectivity index (χ0n) is 16.9. The van der Waals surface area contributed by atoms with Crippen LogP contribution >= 0.6 is 22.6 Å². The summed E-state index contributed by atoms with van der Waals surface area (Å²) in [4.78, 5) is 26.0. The van der Waals surface area contributed by atoms with Crippen molar-refractivity contribution in [1.29, 1.82) is 0 Å².